The number of imidazole rings is 1. The van der Waals surface area contributed by atoms with Gasteiger partial charge in [0, 0.05) is 38.6 Å². The van der Waals surface area contributed by atoms with Gasteiger partial charge in [-0.15, -0.1) is 0 Å². The van der Waals surface area contributed by atoms with Gasteiger partial charge in [-0.25, -0.2) is 4.98 Å². The fourth-order valence-electron chi connectivity index (χ4n) is 2.04. The van der Waals surface area contributed by atoms with Crippen molar-refractivity contribution in [3.05, 3.63) is 36.2 Å². The van der Waals surface area contributed by atoms with E-state index in [1.165, 1.54) is 24.2 Å². The van der Waals surface area contributed by atoms with Crippen LogP contribution in [0.15, 0.2) is 24.8 Å². The highest BCUT2D eigenvalue weighted by Gasteiger charge is 2.24. The normalized spacial score (nSPS) is 15.4. The first-order valence-corrected chi connectivity index (χ1v) is 6.03. The van der Waals surface area contributed by atoms with Crippen LogP contribution in [0.3, 0.4) is 0 Å². The van der Waals surface area contributed by atoms with E-state index in [0.29, 0.717) is 6.04 Å². The van der Waals surface area contributed by atoms with Gasteiger partial charge >= 0.3 is 0 Å². The fraction of sp³-hybridized carbons (Fsp3) is 0.500. The average molecular weight is 231 g/mol. The fourth-order valence-corrected chi connectivity index (χ4v) is 2.04. The summed E-state index contributed by atoms with van der Waals surface area (Å²) < 4.78 is 4.18. The second-order valence-electron chi connectivity index (χ2n) is 4.57. The van der Waals surface area contributed by atoms with E-state index < -0.39 is 0 Å². The second-order valence-corrected chi connectivity index (χ2v) is 4.57. The Labute approximate surface area is 100 Å². The van der Waals surface area contributed by atoms with Crippen molar-refractivity contribution in [2.45, 2.75) is 32.0 Å². The number of hydrogen-bond acceptors (Lipinski definition) is 3. The third-order valence-corrected chi connectivity index (χ3v) is 3.22. The van der Waals surface area contributed by atoms with Crippen LogP contribution in [0.5, 0.6) is 0 Å². The zero-order chi connectivity index (χ0) is 11.7. The predicted molar refractivity (Wildman–Crippen MR) is 64.2 cm³/mol. The van der Waals surface area contributed by atoms with E-state index in [1.807, 2.05) is 36.5 Å². The lowest BCUT2D eigenvalue weighted by Gasteiger charge is -2.08. The Morgan fingerprint density at radius 1 is 1.35 bits per heavy atom. The van der Waals surface area contributed by atoms with Crippen LogP contribution in [0.25, 0.3) is 0 Å². The van der Waals surface area contributed by atoms with Crippen molar-refractivity contribution in [2.24, 2.45) is 7.05 Å². The van der Waals surface area contributed by atoms with Gasteiger partial charge in [0.2, 0.25) is 0 Å². The zero-order valence-electron chi connectivity index (χ0n) is 10.0. The minimum Gasteiger partial charge on any atom is -0.330 e. The molecule has 2 aromatic rings. The van der Waals surface area contributed by atoms with Gasteiger partial charge in [0.15, 0.2) is 0 Å². The van der Waals surface area contributed by atoms with Gasteiger partial charge in [0.25, 0.3) is 0 Å². The number of nitrogens with zero attached hydrogens (tertiary/aromatic N) is 4. The first kappa shape index (κ1) is 10.5. The molecular formula is C12H17N5. The van der Waals surface area contributed by atoms with Crippen LogP contribution in [0.1, 0.15) is 30.3 Å². The predicted octanol–water partition coefficient (Wildman–Crippen LogP) is 1.24. The summed E-state index contributed by atoms with van der Waals surface area (Å²) in [6.45, 7) is 1.70. The molecule has 1 saturated carbocycles. The van der Waals surface area contributed by atoms with Gasteiger partial charge in [-0.05, 0) is 18.9 Å². The first-order valence-electron chi connectivity index (χ1n) is 6.03. The molecule has 0 bridgehead atoms. The Morgan fingerprint density at radius 3 is 2.88 bits per heavy atom. The van der Waals surface area contributed by atoms with Gasteiger partial charge < -0.3 is 9.88 Å². The summed E-state index contributed by atoms with van der Waals surface area (Å²) in [5, 5.41) is 7.58. The molecule has 90 valence electrons. The van der Waals surface area contributed by atoms with Crippen LogP contribution >= 0.6 is 0 Å². The summed E-state index contributed by atoms with van der Waals surface area (Å²) in [7, 11) is 1.96. The smallest absolute Gasteiger partial charge is 0.0951 e. The van der Waals surface area contributed by atoms with Crippen molar-refractivity contribution in [3.63, 3.8) is 0 Å². The Balaban J connectivity index is 1.57. The van der Waals surface area contributed by atoms with Crippen LogP contribution in [-0.4, -0.2) is 19.3 Å². The maximum Gasteiger partial charge on any atom is 0.0951 e. The highest BCUT2D eigenvalue weighted by molar-refractivity contribution is 5.04. The molecule has 5 nitrogen and oxygen atoms in total. The molecule has 1 N–H and O–H groups in total. The maximum absolute atomic E-state index is 4.22. The molecule has 0 radical (unpaired) electrons. The van der Waals surface area contributed by atoms with E-state index in [1.54, 1.807) is 0 Å². The molecular weight excluding hydrogens is 214 g/mol. The molecule has 0 saturated heterocycles. The van der Waals surface area contributed by atoms with Gasteiger partial charge in [0.05, 0.1) is 17.7 Å². The number of nitrogens with one attached hydrogen (secondary N) is 1. The van der Waals surface area contributed by atoms with Crippen molar-refractivity contribution in [1.82, 2.24) is 24.6 Å². The number of rotatable bonds is 5. The van der Waals surface area contributed by atoms with Crippen LogP contribution < -0.4 is 5.32 Å². The van der Waals surface area contributed by atoms with Crippen molar-refractivity contribution in [1.29, 1.82) is 0 Å². The summed E-state index contributed by atoms with van der Waals surface area (Å²) in [6.07, 6.45) is 8.31. The highest BCUT2D eigenvalue weighted by atomic mass is 15.3. The number of aryl methyl sites for hydroxylation is 1. The van der Waals surface area contributed by atoms with Crippen LogP contribution in [0.4, 0.5) is 0 Å². The molecule has 0 aliphatic heterocycles. The molecule has 0 atom stereocenters. The summed E-state index contributed by atoms with van der Waals surface area (Å²) in [6, 6.07) is 2.73. The van der Waals surface area contributed by atoms with E-state index in [2.05, 4.69) is 20.0 Å². The van der Waals surface area contributed by atoms with Crippen LogP contribution in [0, 0.1) is 0 Å². The Hall–Kier alpha value is -1.62. The van der Waals surface area contributed by atoms with Gasteiger partial charge in [-0.3, -0.25) is 4.68 Å². The SMILES string of the molecule is Cn1nccc1CNCc1cncn1C1CC1. The van der Waals surface area contributed by atoms with E-state index in [9.17, 15) is 0 Å². The molecule has 2 aromatic heterocycles. The van der Waals surface area contributed by atoms with Crippen molar-refractivity contribution < 1.29 is 0 Å². The molecule has 1 aliphatic carbocycles. The molecule has 0 spiro atoms. The third kappa shape index (κ3) is 2.24. The van der Waals surface area contributed by atoms with E-state index in [-0.39, 0.29) is 0 Å². The van der Waals surface area contributed by atoms with E-state index in [0.717, 1.165) is 13.1 Å². The van der Waals surface area contributed by atoms with E-state index >= 15 is 0 Å². The van der Waals surface area contributed by atoms with Gasteiger partial charge in [-0.1, -0.05) is 0 Å². The standard InChI is InChI=1S/C12H17N5/c1-16-11(4-5-15-16)6-13-7-12-8-14-9-17(12)10-2-3-10/h4-5,8-10,13H,2-3,6-7H2,1H3. The topological polar surface area (TPSA) is 47.7 Å². The first-order chi connectivity index (χ1) is 8.34. The molecule has 5 heteroatoms. The Bertz CT molecular complexity index is 494. The minimum absolute atomic E-state index is 0.700. The number of hydrogen-bond donors (Lipinski definition) is 1. The molecule has 3 rings (SSSR count). The van der Waals surface area contributed by atoms with Gasteiger partial charge in [-0.2, -0.15) is 5.10 Å². The van der Waals surface area contributed by atoms with Crippen LogP contribution in [-0.2, 0) is 20.1 Å². The van der Waals surface area contributed by atoms with Crippen molar-refractivity contribution in [2.75, 3.05) is 0 Å². The summed E-state index contributed by atoms with van der Waals surface area (Å²) in [5.41, 5.74) is 2.47. The molecule has 0 amide bonds. The van der Waals surface area contributed by atoms with E-state index in [4.69, 9.17) is 0 Å². The molecule has 1 fully saturated rings. The lowest BCUT2D eigenvalue weighted by Crippen LogP contribution is -2.17. The minimum atomic E-state index is 0.700. The average Bonchev–Trinajstić information content (AvgIpc) is 2.93. The molecule has 0 unspecified atom stereocenters. The quantitative estimate of drug-likeness (QED) is 0.842. The summed E-state index contributed by atoms with van der Waals surface area (Å²) in [4.78, 5) is 4.22. The van der Waals surface area contributed by atoms with Crippen LogP contribution in [0.2, 0.25) is 0 Å². The maximum atomic E-state index is 4.22. The molecule has 1 aliphatic rings. The van der Waals surface area contributed by atoms with Gasteiger partial charge in [0.1, 0.15) is 0 Å². The zero-order valence-corrected chi connectivity index (χ0v) is 10.0. The molecule has 2 heterocycles. The Morgan fingerprint density at radius 2 is 2.18 bits per heavy atom. The third-order valence-electron chi connectivity index (χ3n) is 3.22. The monoisotopic (exact) mass is 231 g/mol. The molecule has 0 aromatic carbocycles. The largest absolute Gasteiger partial charge is 0.330 e. The highest BCUT2D eigenvalue weighted by Crippen LogP contribution is 2.35. The summed E-state index contributed by atoms with van der Waals surface area (Å²) in [5.74, 6) is 0. The second kappa shape index (κ2) is 4.33. The lowest BCUT2D eigenvalue weighted by molar-refractivity contribution is 0.592. The molecule has 17 heavy (non-hydrogen) atoms. The van der Waals surface area contributed by atoms with Crippen molar-refractivity contribution >= 4 is 0 Å². The Kier molecular flexibility index (Phi) is 2.68. The van der Waals surface area contributed by atoms with Crippen molar-refractivity contribution in [3.8, 4) is 0 Å². The number of aromatic nitrogens is 4. The lowest BCUT2D eigenvalue weighted by atomic mass is 10.4. The summed E-state index contributed by atoms with van der Waals surface area (Å²) >= 11 is 0.